The summed E-state index contributed by atoms with van der Waals surface area (Å²) >= 11 is 0. The highest BCUT2D eigenvalue weighted by Crippen LogP contribution is 2.33. The second-order valence-corrected chi connectivity index (χ2v) is 9.86. The standard InChI is InChI=1S/C28H24F2N4O3/c29-22-3-1-2-20(26(22)30)19-13-33(14-19)12-16-8-9-31-23(10-16)17-4-5-21-18(11-17)15-34(28(21)37)24-6-7-25(35)32-27(24)36/h1-5,8-11,19,24H,6-7,12-15H2,(H,32,35,36). The first kappa shape index (κ1) is 23.4. The highest BCUT2D eigenvalue weighted by Gasteiger charge is 2.39. The minimum atomic E-state index is -0.814. The minimum Gasteiger partial charge on any atom is -0.322 e. The molecule has 0 spiro atoms. The van der Waals surface area contributed by atoms with E-state index in [-0.39, 0.29) is 24.2 Å². The lowest BCUT2D eigenvalue weighted by Crippen LogP contribution is -2.52. The summed E-state index contributed by atoms with van der Waals surface area (Å²) in [4.78, 5) is 44.9. The first-order chi connectivity index (χ1) is 17.9. The van der Waals surface area contributed by atoms with Crippen LogP contribution in [0.3, 0.4) is 0 Å². The van der Waals surface area contributed by atoms with Crippen LogP contribution < -0.4 is 5.32 Å². The third-order valence-corrected chi connectivity index (χ3v) is 7.43. The number of hydrogen-bond donors (Lipinski definition) is 1. The number of halogens is 2. The molecule has 0 aliphatic carbocycles. The zero-order valence-corrected chi connectivity index (χ0v) is 19.9. The molecule has 1 aromatic heterocycles. The predicted octanol–water partition coefficient (Wildman–Crippen LogP) is 3.39. The number of nitrogens with zero attached hydrogens (tertiary/aromatic N) is 3. The van der Waals surface area contributed by atoms with Crippen molar-refractivity contribution in [2.75, 3.05) is 13.1 Å². The lowest BCUT2D eigenvalue weighted by molar-refractivity contribution is -0.136. The highest BCUT2D eigenvalue weighted by molar-refractivity contribution is 6.05. The summed E-state index contributed by atoms with van der Waals surface area (Å²) in [6.07, 6.45) is 2.28. The summed E-state index contributed by atoms with van der Waals surface area (Å²) in [6.45, 7) is 2.26. The number of benzene rings is 2. The maximum atomic E-state index is 14.1. The van der Waals surface area contributed by atoms with Gasteiger partial charge in [-0.3, -0.25) is 29.6 Å². The molecule has 2 fully saturated rings. The van der Waals surface area contributed by atoms with Gasteiger partial charge in [-0.1, -0.05) is 18.2 Å². The molecule has 3 aliphatic heterocycles. The van der Waals surface area contributed by atoms with Gasteiger partial charge in [0.2, 0.25) is 11.8 Å². The molecule has 1 unspecified atom stereocenters. The lowest BCUT2D eigenvalue weighted by atomic mass is 9.90. The smallest absolute Gasteiger partial charge is 0.255 e. The van der Waals surface area contributed by atoms with Crippen molar-refractivity contribution in [3.05, 3.63) is 88.6 Å². The minimum absolute atomic E-state index is 0.0291. The Kier molecular flexibility index (Phi) is 5.79. The Hall–Kier alpha value is -3.98. The van der Waals surface area contributed by atoms with Gasteiger partial charge in [-0.15, -0.1) is 0 Å². The number of imide groups is 1. The van der Waals surface area contributed by atoms with Gasteiger partial charge in [-0.25, -0.2) is 8.78 Å². The molecule has 6 rings (SSSR count). The molecule has 2 saturated heterocycles. The molecule has 0 saturated carbocycles. The predicted molar refractivity (Wildman–Crippen MR) is 130 cm³/mol. The maximum Gasteiger partial charge on any atom is 0.255 e. The number of carbonyl (C=O) groups is 3. The van der Waals surface area contributed by atoms with Gasteiger partial charge in [0.15, 0.2) is 11.6 Å². The van der Waals surface area contributed by atoms with E-state index in [2.05, 4.69) is 15.2 Å². The zero-order chi connectivity index (χ0) is 25.7. The summed E-state index contributed by atoms with van der Waals surface area (Å²) < 4.78 is 27.6. The molecular formula is C28H24F2N4O3. The van der Waals surface area contributed by atoms with Gasteiger partial charge in [-0.05, 0) is 53.4 Å². The average molecular weight is 503 g/mol. The number of likely N-dealkylation sites (tertiary alicyclic amines) is 1. The monoisotopic (exact) mass is 502 g/mol. The fraction of sp³-hybridized carbons (Fsp3) is 0.286. The third kappa shape index (κ3) is 4.29. The van der Waals surface area contributed by atoms with Crippen molar-refractivity contribution < 1.29 is 23.2 Å². The summed E-state index contributed by atoms with van der Waals surface area (Å²) in [5.74, 6) is -2.55. The maximum absolute atomic E-state index is 14.1. The molecule has 7 nitrogen and oxygen atoms in total. The molecule has 1 atom stereocenters. The van der Waals surface area contributed by atoms with Gasteiger partial charge in [0.1, 0.15) is 6.04 Å². The molecule has 2 aromatic carbocycles. The molecule has 0 radical (unpaired) electrons. The van der Waals surface area contributed by atoms with E-state index in [1.807, 2.05) is 24.3 Å². The molecule has 4 heterocycles. The zero-order valence-electron chi connectivity index (χ0n) is 19.9. The molecule has 0 bridgehead atoms. The molecular weight excluding hydrogens is 478 g/mol. The van der Waals surface area contributed by atoms with Crippen LogP contribution in [0.25, 0.3) is 11.3 Å². The van der Waals surface area contributed by atoms with E-state index >= 15 is 0 Å². The topological polar surface area (TPSA) is 82.6 Å². The van der Waals surface area contributed by atoms with Gasteiger partial charge in [0.05, 0.1) is 5.69 Å². The largest absolute Gasteiger partial charge is 0.322 e. The summed E-state index contributed by atoms with van der Waals surface area (Å²) in [5, 5.41) is 2.32. The third-order valence-electron chi connectivity index (χ3n) is 7.43. The number of carbonyl (C=O) groups excluding carboxylic acids is 3. The van der Waals surface area contributed by atoms with Crippen LogP contribution in [0.15, 0.2) is 54.7 Å². The molecule has 3 amide bonds. The Bertz CT molecular complexity index is 1440. The molecule has 188 valence electrons. The van der Waals surface area contributed by atoms with Gasteiger partial charge in [-0.2, -0.15) is 0 Å². The van der Waals surface area contributed by atoms with Crippen molar-refractivity contribution >= 4 is 17.7 Å². The van der Waals surface area contributed by atoms with Crippen LogP contribution in [0.5, 0.6) is 0 Å². The number of aromatic nitrogens is 1. The van der Waals surface area contributed by atoms with Crippen molar-refractivity contribution in [1.29, 1.82) is 0 Å². The van der Waals surface area contributed by atoms with E-state index in [4.69, 9.17) is 0 Å². The fourth-order valence-corrected chi connectivity index (χ4v) is 5.45. The quantitative estimate of drug-likeness (QED) is 0.541. The number of piperidine rings is 1. The first-order valence-corrected chi connectivity index (χ1v) is 12.3. The van der Waals surface area contributed by atoms with E-state index in [9.17, 15) is 23.2 Å². The molecule has 9 heteroatoms. The Morgan fingerprint density at radius 3 is 2.68 bits per heavy atom. The van der Waals surface area contributed by atoms with Crippen LogP contribution in [0.4, 0.5) is 8.78 Å². The van der Waals surface area contributed by atoms with Crippen molar-refractivity contribution in [2.45, 2.75) is 37.9 Å². The van der Waals surface area contributed by atoms with Gasteiger partial charge >= 0.3 is 0 Å². The van der Waals surface area contributed by atoms with E-state index in [0.29, 0.717) is 43.7 Å². The first-order valence-electron chi connectivity index (χ1n) is 12.3. The molecule has 37 heavy (non-hydrogen) atoms. The molecule has 3 aromatic rings. The number of pyridine rings is 1. The summed E-state index contributed by atoms with van der Waals surface area (Å²) in [5.41, 5.74) is 4.47. The van der Waals surface area contributed by atoms with Crippen LogP contribution in [-0.2, 0) is 22.7 Å². The van der Waals surface area contributed by atoms with Crippen molar-refractivity contribution in [3.63, 3.8) is 0 Å². The van der Waals surface area contributed by atoms with Crippen LogP contribution in [0.1, 0.15) is 45.8 Å². The average Bonchev–Trinajstić information content (AvgIpc) is 3.19. The van der Waals surface area contributed by atoms with E-state index in [0.717, 1.165) is 28.5 Å². The second-order valence-electron chi connectivity index (χ2n) is 9.86. The number of nitrogens with one attached hydrogen (secondary N) is 1. The second kappa shape index (κ2) is 9.15. The van der Waals surface area contributed by atoms with Crippen molar-refractivity contribution in [3.8, 4) is 11.3 Å². The van der Waals surface area contributed by atoms with Crippen molar-refractivity contribution in [2.24, 2.45) is 0 Å². The Morgan fingerprint density at radius 1 is 1.03 bits per heavy atom. The van der Waals surface area contributed by atoms with E-state index in [1.54, 1.807) is 24.4 Å². The lowest BCUT2D eigenvalue weighted by Gasteiger charge is -2.39. The summed E-state index contributed by atoms with van der Waals surface area (Å²) in [6, 6.07) is 13.1. The fourth-order valence-electron chi connectivity index (χ4n) is 5.45. The molecule has 1 N–H and O–H groups in total. The van der Waals surface area contributed by atoms with Gasteiger partial charge in [0.25, 0.3) is 5.91 Å². The number of amides is 3. The van der Waals surface area contributed by atoms with Crippen LogP contribution in [0, 0.1) is 11.6 Å². The van der Waals surface area contributed by atoms with E-state index in [1.165, 1.54) is 4.90 Å². The van der Waals surface area contributed by atoms with Crippen LogP contribution in [0.2, 0.25) is 0 Å². The highest BCUT2D eigenvalue weighted by atomic mass is 19.2. The Balaban J connectivity index is 1.14. The molecule has 3 aliphatic rings. The number of fused-ring (bicyclic) bond motifs is 1. The van der Waals surface area contributed by atoms with Crippen molar-refractivity contribution in [1.82, 2.24) is 20.1 Å². The SMILES string of the molecule is O=C1CCC(N2Cc3cc(-c4cc(CN5CC(c6cccc(F)c6F)C5)ccn4)ccc3C2=O)C(=O)N1. The number of rotatable bonds is 5. The van der Waals surface area contributed by atoms with Gasteiger partial charge in [0, 0.05) is 55.8 Å². The van der Waals surface area contributed by atoms with Gasteiger partial charge < -0.3 is 4.90 Å². The van der Waals surface area contributed by atoms with E-state index < -0.39 is 23.6 Å². The van der Waals surface area contributed by atoms with Crippen LogP contribution >= 0.6 is 0 Å². The Morgan fingerprint density at radius 2 is 1.86 bits per heavy atom. The number of hydrogen-bond acceptors (Lipinski definition) is 5. The normalized spacial score (nSPS) is 20.1. The Labute approximate surface area is 212 Å². The van der Waals surface area contributed by atoms with Crippen LogP contribution in [-0.4, -0.2) is 51.6 Å². The summed E-state index contributed by atoms with van der Waals surface area (Å²) in [7, 11) is 0.